The molecular weight excluding hydrogens is 346 g/mol. The van der Waals surface area contributed by atoms with E-state index in [9.17, 15) is 14.7 Å². The molecule has 1 aliphatic rings. The minimum absolute atomic E-state index is 0.130. The van der Waals surface area contributed by atoms with E-state index in [0.717, 1.165) is 48.2 Å². The van der Waals surface area contributed by atoms with Crippen LogP contribution in [0, 0.1) is 6.92 Å². The standard InChI is InChI=1S/C20H25N3O4/c1-13-8-10-14(11-9-13)23-16-7-5-4-6-15(16)17(22-23)18(24)21-20(2,12-27-3)19(25)26/h8-11H,4-7,12H2,1-3H3,(H,21,24)(H,25,26). The molecule has 0 bridgehead atoms. The van der Waals surface area contributed by atoms with Crippen LogP contribution in [0.4, 0.5) is 0 Å². The maximum atomic E-state index is 12.9. The van der Waals surface area contributed by atoms with Crippen molar-refractivity contribution in [1.29, 1.82) is 0 Å². The molecule has 3 rings (SSSR count). The van der Waals surface area contributed by atoms with Crippen molar-refractivity contribution < 1.29 is 19.4 Å². The van der Waals surface area contributed by atoms with Gasteiger partial charge < -0.3 is 15.2 Å². The molecular formula is C20H25N3O4. The predicted molar refractivity (Wildman–Crippen MR) is 100 cm³/mol. The molecule has 1 aliphatic carbocycles. The van der Waals surface area contributed by atoms with Crippen molar-refractivity contribution in [2.75, 3.05) is 13.7 Å². The highest BCUT2D eigenvalue weighted by Gasteiger charge is 2.37. The molecule has 0 saturated heterocycles. The average molecular weight is 371 g/mol. The Morgan fingerprint density at radius 1 is 1.26 bits per heavy atom. The predicted octanol–water partition coefficient (Wildman–Crippen LogP) is 2.28. The van der Waals surface area contributed by atoms with Crippen LogP contribution in [0.2, 0.25) is 0 Å². The summed E-state index contributed by atoms with van der Waals surface area (Å²) in [6.45, 7) is 3.32. The zero-order valence-corrected chi connectivity index (χ0v) is 15.9. The SMILES string of the molecule is COCC(C)(NC(=O)c1nn(-c2ccc(C)cc2)c2c1CCCC2)C(=O)O. The van der Waals surface area contributed by atoms with Gasteiger partial charge in [-0.2, -0.15) is 5.10 Å². The van der Waals surface area contributed by atoms with Crippen LogP contribution >= 0.6 is 0 Å². The summed E-state index contributed by atoms with van der Waals surface area (Å²) in [4.78, 5) is 24.5. The highest BCUT2D eigenvalue weighted by atomic mass is 16.5. The van der Waals surface area contributed by atoms with Gasteiger partial charge in [0.2, 0.25) is 0 Å². The quantitative estimate of drug-likeness (QED) is 0.813. The van der Waals surface area contributed by atoms with Gasteiger partial charge in [0.25, 0.3) is 5.91 Å². The van der Waals surface area contributed by atoms with E-state index in [1.54, 1.807) is 0 Å². The van der Waals surface area contributed by atoms with E-state index < -0.39 is 17.4 Å². The van der Waals surface area contributed by atoms with Gasteiger partial charge in [-0.05, 0) is 51.7 Å². The van der Waals surface area contributed by atoms with Gasteiger partial charge in [0, 0.05) is 18.4 Å². The molecule has 7 heteroatoms. The molecule has 1 aromatic carbocycles. The zero-order chi connectivity index (χ0) is 19.6. The van der Waals surface area contributed by atoms with Gasteiger partial charge in [-0.25, -0.2) is 9.48 Å². The number of carbonyl (C=O) groups excluding carboxylic acids is 1. The van der Waals surface area contributed by atoms with Gasteiger partial charge in [0.15, 0.2) is 11.2 Å². The second-order valence-corrected chi connectivity index (χ2v) is 7.25. The molecule has 7 nitrogen and oxygen atoms in total. The van der Waals surface area contributed by atoms with Crippen molar-refractivity contribution in [1.82, 2.24) is 15.1 Å². The maximum Gasteiger partial charge on any atom is 0.331 e. The fourth-order valence-electron chi connectivity index (χ4n) is 3.43. The number of hydrogen-bond acceptors (Lipinski definition) is 4. The fourth-order valence-corrected chi connectivity index (χ4v) is 3.43. The number of hydrogen-bond donors (Lipinski definition) is 2. The second-order valence-electron chi connectivity index (χ2n) is 7.25. The number of nitrogens with zero attached hydrogens (tertiary/aromatic N) is 2. The van der Waals surface area contributed by atoms with E-state index in [0.29, 0.717) is 5.69 Å². The molecule has 0 aliphatic heterocycles. The molecule has 27 heavy (non-hydrogen) atoms. The van der Waals surface area contributed by atoms with Crippen molar-refractivity contribution >= 4 is 11.9 Å². The number of nitrogens with one attached hydrogen (secondary N) is 1. The monoisotopic (exact) mass is 371 g/mol. The molecule has 0 spiro atoms. The van der Waals surface area contributed by atoms with Gasteiger partial charge in [-0.15, -0.1) is 0 Å². The van der Waals surface area contributed by atoms with Gasteiger partial charge in [0.05, 0.1) is 12.3 Å². The van der Waals surface area contributed by atoms with Crippen LogP contribution in [0.3, 0.4) is 0 Å². The number of aromatic nitrogens is 2. The lowest BCUT2D eigenvalue weighted by Crippen LogP contribution is -2.55. The molecule has 0 radical (unpaired) electrons. The summed E-state index contributed by atoms with van der Waals surface area (Å²) in [7, 11) is 1.40. The summed E-state index contributed by atoms with van der Waals surface area (Å²) in [5.74, 6) is -1.63. The first-order valence-electron chi connectivity index (χ1n) is 9.08. The Balaban J connectivity index is 1.99. The number of carbonyl (C=O) groups is 2. The lowest BCUT2D eigenvalue weighted by atomic mass is 9.95. The number of carboxylic acids is 1. The molecule has 0 saturated carbocycles. The van der Waals surface area contributed by atoms with Crippen molar-refractivity contribution in [2.24, 2.45) is 0 Å². The topological polar surface area (TPSA) is 93.5 Å². The van der Waals surface area contributed by atoms with E-state index in [1.165, 1.54) is 14.0 Å². The molecule has 1 unspecified atom stereocenters. The molecule has 2 aromatic rings. The summed E-state index contributed by atoms with van der Waals surface area (Å²) < 4.78 is 6.80. The normalized spacial score (nSPS) is 15.7. The molecule has 1 heterocycles. The van der Waals surface area contributed by atoms with Crippen LogP contribution in [0.25, 0.3) is 5.69 Å². The minimum atomic E-state index is -1.51. The first-order chi connectivity index (χ1) is 12.9. The Bertz CT molecular complexity index is 857. The van der Waals surface area contributed by atoms with Gasteiger partial charge >= 0.3 is 5.97 Å². The average Bonchev–Trinajstić information content (AvgIpc) is 3.02. The van der Waals surface area contributed by atoms with Gasteiger partial charge in [-0.3, -0.25) is 4.79 Å². The smallest absolute Gasteiger partial charge is 0.331 e. The first kappa shape index (κ1) is 19.1. The van der Waals surface area contributed by atoms with Crippen molar-refractivity contribution in [3.05, 3.63) is 46.8 Å². The summed E-state index contributed by atoms with van der Waals surface area (Å²) in [6.07, 6.45) is 3.64. The molecule has 144 valence electrons. The highest BCUT2D eigenvalue weighted by molar-refractivity contribution is 5.97. The van der Waals surface area contributed by atoms with E-state index in [-0.39, 0.29) is 6.61 Å². The fraction of sp³-hybridized carbons (Fsp3) is 0.450. The second kappa shape index (κ2) is 7.52. The van der Waals surface area contributed by atoms with Crippen LogP contribution in [0.1, 0.15) is 47.1 Å². The van der Waals surface area contributed by atoms with Crippen molar-refractivity contribution in [3.8, 4) is 5.69 Å². The number of carboxylic acid groups (broad SMARTS) is 1. The third-order valence-corrected chi connectivity index (χ3v) is 4.97. The number of rotatable bonds is 6. The number of fused-ring (bicyclic) bond motifs is 1. The van der Waals surface area contributed by atoms with Gasteiger partial charge in [-0.1, -0.05) is 17.7 Å². The maximum absolute atomic E-state index is 12.9. The highest BCUT2D eigenvalue weighted by Crippen LogP contribution is 2.27. The Labute approximate surface area is 158 Å². The van der Waals surface area contributed by atoms with E-state index >= 15 is 0 Å². The summed E-state index contributed by atoms with van der Waals surface area (Å²) >= 11 is 0. The molecule has 1 aromatic heterocycles. The lowest BCUT2D eigenvalue weighted by molar-refractivity contribution is -0.145. The number of aryl methyl sites for hydroxylation is 1. The van der Waals surface area contributed by atoms with E-state index in [2.05, 4.69) is 10.4 Å². The van der Waals surface area contributed by atoms with E-state index in [1.807, 2.05) is 35.9 Å². The van der Waals surface area contributed by atoms with Crippen LogP contribution in [0.5, 0.6) is 0 Å². The third kappa shape index (κ3) is 3.73. The Kier molecular flexibility index (Phi) is 5.32. The number of ether oxygens (including phenoxy) is 1. The molecule has 1 atom stereocenters. The summed E-state index contributed by atoms with van der Waals surface area (Å²) in [5.41, 5.74) is 2.77. The van der Waals surface area contributed by atoms with Crippen LogP contribution in [-0.4, -0.2) is 46.0 Å². The van der Waals surface area contributed by atoms with Gasteiger partial charge in [0.1, 0.15) is 0 Å². The first-order valence-corrected chi connectivity index (χ1v) is 9.08. The number of amides is 1. The summed E-state index contributed by atoms with van der Waals surface area (Å²) in [6, 6.07) is 7.97. The lowest BCUT2D eigenvalue weighted by Gasteiger charge is -2.25. The Hall–Kier alpha value is -2.67. The Morgan fingerprint density at radius 2 is 1.93 bits per heavy atom. The zero-order valence-electron chi connectivity index (χ0n) is 15.9. The van der Waals surface area contributed by atoms with Crippen LogP contribution < -0.4 is 5.32 Å². The van der Waals surface area contributed by atoms with Crippen molar-refractivity contribution in [3.63, 3.8) is 0 Å². The number of benzene rings is 1. The van der Waals surface area contributed by atoms with E-state index in [4.69, 9.17) is 4.74 Å². The van der Waals surface area contributed by atoms with Crippen molar-refractivity contribution in [2.45, 2.75) is 45.1 Å². The largest absolute Gasteiger partial charge is 0.479 e. The molecule has 1 amide bonds. The Morgan fingerprint density at radius 3 is 2.56 bits per heavy atom. The molecule has 2 N–H and O–H groups in total. The summed E-state index contributed by atoms with van der Waals surface area (Å²) in [5, 5.41) is 16.6. The number of aliphatic carboxylic acids is 1. The molecule has 0 fully saturated rings. The van der Waals surface area contributed by atoms with Crippen LogP contribution in [-0.2, 0) is 22.4 Å². The number of methoxy groups -OCH3 is 1. The minimum Gasteiger partial charge on any atom is -0.479 e. The van der Waals surface area contributed by atoms with Crippen LogP contribution in [0.15, 0.2) is 24.3 Å². The third-order valence-electron chi connectivity index (χ3n) is 4.97.